The molecular weight excluding hydrogens is 356 g/mol. The number of hydrogen-bond donors (Lipinski definition) is 6. The van der Waals surface area contributed by atoms with Gasteiger partial charge in [-0.3, -0.25) is 14.4 Å². The third-order valence-electron chi connectivity index (χ3n) is 3.91. The molecule has 0 rings (SSSR count). The van der Waals surface area contributed by atoms with Crippen LogP contribution >= 0.6 is 0 Å². The van der Waals surface area contributed by atoms with Crippen LogP contribution in [-0.4, -0.2) is 64.7 Å². The lowest BCUT2D eigenvalue weighted by molar-refractivity contribution is -0.143. The Labute approximate surface area is 159 Å². The van der Waals surface area contributed by atoms with Crippen LogP contribution in [0.4, 0.5) is 0 Å². The first kappa shape index (κ1) is 24.8. The van der Waals surface area contributed by atoms with Crippen molar-refractivity contribution in [3.63, 3.8) is 0 Å². The highest BCUT2D eigenvalue weighted by Gasteiger charge is 2.29. The number of amides is 3. The van der Waals surface area contributed by atoms with Crippen molar-refractivity contribution in [3.8, 4) is 0 Å². The van der Waals surface area contributed by atoms with Gasteiger partial charge in [0.05, 0.1) is 12.6 Å². The second-order valence-electron chi connectivity index (χ2n) is 7.27. The molecule has 7 N–H and O–H groups in total. The van der Waals surface area contributed by atoms with E-state index < -0.39 is 54.5 Å². The Bertz CT molecular complexity index is 538. The summed E-state index contributed by atoms with van der Waals surface area (Å²) in [5, 5.41) is 25.0. The SMILES string of the molecule is CC(C)CC(NC(=O)C(N)C(C)C)C(=O)NC(C)C(=O)NC(CO)C(=O)O. The number of carboxylic acid groups (broad SMARTS) is 1. The standard InChI is InChI=1S/C17H32N4O6/c1-8(2)6-11(20-16(25)13(18)9(3)4)15(24)19-10(5)14(23)21-12(7-22)17(26)27/h8-13,22H,6-7,18H2,1-5H3,(H,19,24)(H,20,25)(H,21,23)(H,26,27). The van der Waals surface area contributed by atoms with E-state index in [4.69, 9.17) is 15.9 Å². The van der Waals surface area contributed by atoms with Crippen molar-refractivity contribution in [2.45, 2.75) is 65.2 Å². The van der Waals surface area contributed by atoms with E-state index in [2.05, 4.69) is 16.0 Å². The lowest BCUT2D eigenvalue weighted by atomic mass is 10.0. The molecule has 0 aliphatic carbocycles. The minimum absolute atomic E-state index is 0.0891. The van der Waals surface area contributed by atoms with E-state index in [1.807, 2.05) is 13.8 Å². The van der Waals surface area contributed by atoms with Crippen molar-refractivity contribution in [2.75, 3.05) is 6.61 Å². The zero-order valence-electron chi connectivity index (χ0n) is 16.5. The highest BCUT2D eigenvalue weighted by Crippen LogP contribution is 2.07. The third kappa shape index (κ3) is 8.83. The molecule has 156 valence electrons. The number of hydrogen-bond acceptors (Lipinski definition) is 6. The maximum absolute atomic E-state index is 12.5. The molecule has 0 aromatic carbocycles. The van der Waals surface area contributed by atoms with E-state index in [1.54, 1.807) is 13.8 Å². The fourth-order valence-electron chi connectivity index (χ4n) is 2.14. The van der Waals surface area contributed by atoms with Crippen molar-refractivity contribution in [1.29, 1.82) is 0 Å². The van der Waals surface area contributed by atoms with Gasteiger partial charge in [-0.1, -0.05) is 27.7 Å². The van der Waals surface area contributed by atoms with Gasteiger partial charge in [0, 0.05) is 0 Å². The molecule has 0 aliphatic rings. The zero-order chi connectivity index (χ0) is 21.3. The van der Waals surface area contributed by atoms with E-state index in [0.717, 1.165) is 0 Å². The number of carbonyl (C=O) groups is 4. The van der Waals surface area contributed by atoms with Crippen LogP contribution in [0.25, 0.3) is 0 Å². The Kier molecular flexibility index (Phi) is 10.6. The number of carboxylic acids is 1. The van der Waals surface area contributed by atoms with Crippen LogP contribution in [-0.2, 0) is 19.2 Å². The minimum Gasteiger partial charge on any atom is -0.480 e. The van der Waals surface area contributed by atoms with Crippen molar-refractivity contribution in [2.24, 2.45) is 17.6 Å². The summed E-state index contributed by atoms with van der Waals surface area (Å²) in [6, 6.07) is -4.18. The smallest absolute Gasteiger partial charge is 0.328 e. The highest BCUT2D eigenvalue weighted by atomic mass is 16.4. The lowest BCUT2D eigenvalue weighted by Crippen LogP contribution is -2.57. The van der Waals surface area contributed by atoms with Crippen molar-refractivity contribution in [1.82, 2.24) is 16.0 Å². The molecule has 10 nitrogen and oxygen atoms in total. The summed E-state index contributed by atoms with van der Waals surface area (Å²) in [5.41, 5.74) is 5.80. The fourth-order valence-corrected chi connectivity index (χ4v) is 2.14. The average Bonchev–Trinajstić information content (AvgIpc) is 2.56. The topological polar surface area (TPSA) is 171 Å². The molecule has 0 aliphatic heterocycles. The summed E-state index contributed by atoms with van der Waals surface area (Å²) in [5.74, 6) is -3.22. The van der Waals surface area contributed by atoms with Gasteiger partial charge in [-0.15, -0.1) is 0 Å². The summed E-state index contributed by atoms with van der Waals surface area (Å²) in [7, 11) is 0. The molecule has 0 saturated heterocycles. The van der Waals surface area contributed by atoms with Gasteiger partial charge in [0.25, 0.3) is 0 Å². The summed E-state index contributed by atoms with van der Waals surface area (Å²) in [6.45, 7) is 7.92. The molecule has 0 aromatic heterocycles. The predicted octanol–water partition coefficient (Wildman–Crippen LogP) is -1.43. The van der Waals surface area contributed by atoms with E-state index in [1.165, 1.54) is 6.92 Å². The molecule has 10 heteroatoms. The number of rotatable bonds is 11. The fraction of sp³-hybridized carbons (Fsp3) is 0.765. The largest absolute Gasteiger partial charge is 0.480 e. The second-order valence-corrected chi connectivity index (χ2v) is 7.27. The highest BCUT2D eigenvalue weighted by molar-refractivity contribution is 5.93. The first-order valence-corrected chi connectivity index (χ1v) is 8.91. The van der Waals surface area contributed by atoms with E-state index in [9.17, 15) is 19.2 Å². The normalized spacial score (nSPS) is 15.6. The van der Waals surface area contributed by atoms with E-state index in [-0.39, 0.29) is 11.8 Å². The summed E-state index contributed by atoms with van der Waals surface area (Å²) < 4.78 is 0. The summed E-state index contributed by atoms with van der Waals surface area (Å²) in [4.78, 5) is 47.5. The third-order valence-corrected chi connectivity index (χ3v) is 3.91. The van der Waals surface area contributed by atoms with E-state index in [0.29, 0.717) is 6.42 Å². The first-order chi connectivity index (χ1) is 12.4. The Balaban J connectivity index is 4.99. The van der Waals surface area contributed by atoms with Gasteiger partial charge in [0.1, 0.15) is 18.1 Å². The van der Waals surface area contributed by atoms with Crippen LogP contribution in [0.15, 0.2) is 0 Å². The molecule has 0 saturated carbocycles. The van der Waals surface area contributed by atoms with Crippen LogP contribution in [0.2, 0.25) is 0 Å². The molecule has 0 bridgehead atoms. The summed E-state index contributed by atoms with van der Waals surface area (Å²) in [6.07, 6.45) is 0.338. The van der Waals surface area contributed by atoms with Gasteiger partial charge in [-0.05, 0) is 25.2 Å². The monoisotopic (exact) mass is 388 g/mol. The van der Waals surface area contributed by atoms with Gasteiger partial charge < -0.3 is 31.9 Å². The number of carbonyl (C=O) groups excluding carboxylic acids is 3. The molecule has 0 aromatic rings. The molecular formula is C17H32N4O6. The minimum atomic E-state index is -1.47. The number of nitrogens with one attached hydrogen (secondary N) is 3. The van der Waals surface area contributed by atoms with Crippen LogP contribution in [0.1, 0.15) is 41.0 Å². The van der Waals surface area contributed by atoms with Gasteiger partial charge in [-0.25, -0.2) is 4.79 Å². The number of aliphatic carboxylic acids is 1. The Morgan fingerprint density at radius 1 is 0.852 bits per heavy atom. The molecule has 0 heterocycles. The molecule has 3 amide bonds. The number of aliphatic hydroxyl groups is 1. The maximum atomic E-state index is 12.5. The first-order valence-electron chi connectivity index (χ1n) is 8.91. The second kappa shape index (κ2) is 11.5. The van der Waals surface area contributed by atoms with E-state index >= 15 is 0 Å². The lowest BCUT2D eigenvalue weighted by Gasteiger charge is -2.25. The molecule has 0 radical (unpaired) electrons. The zero-order valence-corrected chi connectivity index (χ0v) is 16.5. The number of aliphatic hydroxyl groups excluding tert-OH is 1. The van der Waals surface area contributed by atoms with Gasteiger partial charge in [0.2, 0.25) is 17.7 Å². The quantitative estimate of drug-likeness (QED) is 0.252. The Hall–Kier alpha value is -2.20. The maximum Gasteiger partial charge on any atom is 0.328 e. The van der Waals surface area contributed by atoms with Gasteiger partial charge in [-0.2, -0.15) is 0 Å². The molecule has 0 spiro atoms. The van der Waals surface area contributed by atoms with Crippen molar-refractivity contribution < 1.29 is 29.4 Å². The van der Waals surface area contributed by atoms with Gasteiger partial charge in [0.15, 0.2) is 0 Å². The van der Waals surface area contributed by atoms with Gasteiger partial charge >= 0.3 is 5.97 Å². The molecule has 4 unspecified atom stereocenters. The van der Waals surface area contributed by atoms with Crippen LogP contribution in [0.3, 0.4) is 0 Å². The van der Waals surface area contributed by atoms with Crippen LogP contribution < -0.4 is 21.7 Å². The predicted molar refractivity (Wildman–Crippen MR) is 98.5 cm³/mol. The molecule has 0 fully saturated rings. The summed E-state index contributed by atoms with van der Waals surface area (Å²) >= 11 is 0. The Morgan fingerprint density at radius 3 is 1.78 bits per heavy atom. The van der Waals surface area contributed by atoms with Crippen molar-refractivity contribution in [3.05, 3.63) is 0 Å². The molecule has 27 heavy (non-hydrogen) atoms. The Morgan fingerprint density at radius 2 is 1.37 bits per heavy atom. The molecule has 4 atom stereocenters. The average molecular weight is 388 g/mol. The van der Waals surface area contributed by atoms with Crippen LogP contribution in [0.5, 0.6) is 0 Å². The van der Waals surface area contributed by atoms with Crippen LogP contribution in [0, 0.1) is 11.8 Å². The van der Waals surface area contributed by atoms with Crippen molar-refractivity contribution >= 4 is 23.7 Å². The number of nitrogens with two attached hydrogens (primary N) is 1.